The molecule has 0 N–H and O–H groups in total. The molecule has 0 saturated heterocycles. The number of aromatic nitrogens is 2. The molecule has 0 fully saturated rings. The summed E-state index contributed by atoms with van der Waals surface area (Å²) in [6.45, 7) is 0. The quantitative estimate of drug-likeness (QED) is 0.170. The van der Waals surface area contributed by atoms with Gasteiger partial charge in [0, 0.05) is 11.3 Å². The van der Waals surface area contributed by atoms with E-state index in [0.717, 1.165) is 28.1 Å². The van der Waals surface area contributed by atoms with Gasteiger partial charge >= 0.3 is 0 Å². The van der Waals surface area contributed by atoms with Gasteiger partial charge in [0.05, 0.1) is 11.0 Å². The zero-order valence-electron chi connectivity index (χ0n) is 27.9. The van der Waals surface area contributed by atoms with E-state index < -0.39 is 0 Å². The van der Waals surface area contributed by atoms with Crippen LogP contribution in [0.15, 0.2) is 194 Å². The molecule has 0 aliphatic carbocycles. The predicted octanol–water partition coefficient (Wildman–Crippen LogP) is 13.2. The number of imidazole rings is 1. The molecular formula is C49H32N2. The maximum absolute atomic E-state index is 5.09. The molecule has 0 unspecified atom stereocenters. The van der Waals surface area contributed by atoms with Gasteiger partial charge in [-0.1, -0.05) is 152 Å². The van der Waals surface area contributed by atoms with Crippen LogP contribution in [0.2, 0.25) is 0 Å². The zero-order valence-corrected chi connectivity index (χ0v) is 27.9. The van der Waals surface area contributed by atoms with Gasteiger partial charge in [-0.3, -0.25) is 4.57 Å². The predicted molar refractivity (Wildman–Crippen MR) is 215 cm³/mol. The van der Waals surface area contributed by atoms with Gasteiger partial charge in [-0.15, -0.1) is 0 Å². The second-order valence-electron chi connectivity index (χ2n) is 13.2. The minimum atomic E-state index is 0.938. The van der Waals surface area contributed by atoms with Gasteiger partial charge in [-0.25, -0.2) is 4.98 Å². The lowest BCUT2D eigenvalue weighted by Gasteiger charge is -2.20. The zero-order chi connectivity index (χ0) is 33.7. The van der Waals surface area contributed by atoms with E-state index in [-0.39, 0.29) is 0 Å². The summed E-state index contributed by atoms with van der Waals surface area (Å²) < 4.78 is 2.28. The number of nitrogens with zero attached hydrogens (tertiary/aromatic N) is 2. The van der Waals surface area contributed by atoms with Crippen molar-refractivity contribution in [2.45, 2.75) is 0 Å². The fourth-order valence-electron chi connectivity index (χ4n) is 7.80. The molecule has 9 aromatic carbocycles. The Morgan fingerprint density at radius 2 is 0.824 bits per heavy atom. The van der Waals surface area contributed by atoms with Crippen LogP contribution in [-0.4, -0.2) is 9.55 Å². The topological polar surface area (TPSA) is 17.8 Å². The minimum absolute atomic E-state index is 0.938. The third kappa shape index (κ3) is 4.92. The number of para-hydroxylation sites is 2. The van der Waals surface area contributed by atoms with Crippen LogP contribution in [0.5, 0.6) is 0 Å². The molecule has 0 spiro atoms. The Morgan fingerprint density at radius 3 is 1.49 bits per heavy atom. The van der Waals surface area contributed by atoms with Crippen LogP contribution in [0.25, 0.3) is 93.8 Å². The summed E-state index contributed by atoms with van der Waals surface area (Å²) in [4.78, 5) is 5.09. The van der Waals surface area contributed by atoms with Gasteiger partial charge < -0.3 is 0 Å². The largest absolute Gasteiger partial charge is 0.292 e. The smallest absolute Gasteiger partial charge is 0.145 e. The minimum Gasteiger partial charge on any atom is -0.292 e. The molecule has 0 atom stereocenters. The van der Waals surface area contributed by atoms with Crippen molar-refractivity contribution in [3.63, 3.8) is 0 Å². The van der Waals surface area contributed by atoms with Crippen LogP contribution in [0, 0.1) is 0 Å². The van der Waals surface area contributed by atoms with Crippen LogP contribution in [0.1, 0.15) is 0 Å². The van der Waals surface area contributed by atoms with Gasteiger partial charge in [0.1, 0.15) is 5.82 Å². The maximum atomic E-state index is 5.09. The van der Waals surface area contributed by atoms with E-state index in [1.54, 1.807) is 0 Å². The summed E-state index contributed by atoms with van der Waals surface area (Å²) in [5, 5.41) is 7.46. The SMILES string of the molecule is c1ccc(-c2ccc3c(-c4ccc(-n5c(-c6ccccc6)nc6ccccc65)cc4)c4cc5ccccc5cc4c(-c4ccccc4)c3c2)cc1. The molecule has 2 nitrogen and oxygen atoms in total. The first-order chi connectivity index (χ1) is 25.3. The van der Waals surface area contributed by atoms with Crippen LogP contribution in [-0.2, 0) is 0 Å². The Labute approximate surface area is 296 Å². The molecule has 0 amide bonds. The lowest BCUT2D eigenvalue weighted by atomic mass is 9.84. The first-order valence-electron chi connectivity index (χ1n) is 17.5. The highest BCUT2D eigenvalue weighted by atomic mass is 15.1. The first-order valence-corrected chi connectivity index (χ1v) is 17.5. The summed E-state index contributed by atoms with van der Waals surface area (Å²) in [7, 11) is 0. The normalized spacial score (nSPS) is 11.5. The molecule has 0 aliphatic rings. The Hall–Kier alpha value is -6.77. The molecule has 0 aliphatic heterocycles. The van der Waals surface area contributed by atoms with Gasteiger partial charge in [-0.05, 0) is 108 Å². The third-order valence-corrected chi connectivity index (χ3v) is 10.2. The van der Waals surface area contributed by atoms with E-state index in [4.69, 9.17) is 4.98 Å². The van der Waals surface area contributed by atoms with Crippen molar-refractivity contribution in [3.8, 4) is 50.5 Å². The molecule has 1 aromatic heterocycles. The molecular weight excluding hydrogens is 617 g/mol. The van der Waals surface area contributed by atoms with Crippen molar-refractivity contribution in [3.05, 3.63) is 194 Å². The number of fused-ring (bicyclic) bond motifs is 4. The molecule has 1 heterocycles. The summed E-state index contributed by atoms with van der Waals surface area (Å²) in [6.07, 6.45) is 0. The third-order valence-electron chi connectivity index (χ3n) is 10.2. The van der Waals surface area contributed by atoms with E-state index >= 15 is 0 Å². The Bertz CT molecular complexity index is 2870. The van der Waals surface area contributed by atoms with E-state index in [1.165, 1.54) is 65.7 Å². The second kappa shape index (κ2) is 12.0. The highest BCUT2D eigenvalue weighted by Crippen LogP contribution is 2.46. The van der Waals surface area contributed by atoms with Crippen LogP contribution in [0.4, 0.5) is 0 Å². The van der Waals surface area contributed by atoms with Crippen LogP contribution >= 0.6 is 0 Å². The molecule has 10 rings (SSSR count). The highest BCUT2D eigenvalue weighted by Gasteiger charge is 2.20. The molecule has 0 saturated carbocycles. The van der Waals surface area contributed by atoms with Crippen molar-refractivity contribution in [2.24, 2.45) is 0 Å². The van der Waals surface area contributed by atoms with Crippen molar-refractivity contribution < 1.29 is 0 Å². The van der Waals surface area contributed by atoms with Crippen LogP contribution in [0.3, 0.4) is 0 Å². The van der Waals surface area contributed by atoms with E-state index in [9.17, 15) is 0 Å². The van der Waals surface area contributed by atoms with Gasteiger partial charge in [0.25, 0.3) is 0 Å². The summed E-state index contributed by atoms with van der Waals surface area (Å²) >= 11 is 0. The standard InChI is InChI=1S/C49H32N2/c1-4-14-33(15-5-1)39-26-29-41-42(32-39)48(34-16-6-2-7-17-34)44-31-38-21-11-10-20-37(38)30-43(44)47(41)35-24-27-40(28-25-35)51-46-23-13-12-22-45(46)50-49(51)36-18-8-3-9-19-36/h1-32H. The van der Waals surface area contributed by atoms with E-state index in [1.807, 2.05) is 0 Å². The summed E-state index contributed by atoms with van der Waals surface area (Å²) in [5.74, 6) is 0.938. The Balaban J connectivity index is 1.26. The molecule has 0 radical (unpaired) electrons. The molecule has 238 valence electrons. The number of rotatable bonds is 5. The Kier molecular flexibility index (Phi) is 6.85. The molecule has 10 aromatic rings. The fraction of sp³-hybridized carbons (Fsp3) is 0. The maximum Gasteiger partial charge on any atom is 0.145 e. The Morgan fingerprint density at radius 1 is 0.333 bits per heavy atom. The average molecular weight is 649 g/mol. The fourth-order valence-corrected chi connectivity index (χ4v) is 7.80. The van der Waals surface area contributed by atoms with Gasteiger partial charge in [-0.2, -0.15) is 0 Å². The van der Waals surface area contributed by atoms with Crippen molar-refractivity contribution >= 4 is 43.4 Å². The van der Waals surface area contributed by atoms with Crippen molar-refractivity contribution in [1.82, 2.24) is 9.55 Å². The average Bonchev–Trinajstić information content (AvgIpc) is 3.60. The van der Waals surface area contributed by atoms with E-state index in [2.05, 4.69) is 199 Å². The van der Waals surface area contributed by atoms with E-state index in [0.29, 0.717) is 0 Å². The van der Waals surface area contributed by atoms with Crippen molar-refractivity contribution in [1.29, 1.82) is 0 Å². The first kappa shape index (κ1) is 29.2. The highest BCUT2D eigenvalue weighted by molar-refractivity contribution is 6.24. The summed E-state index contributed by atoms with van der Waals surface area (Å²) in [6, 6.07) is 70.0. The summed E-state index contributed by atoms with van der Waals surface area (Å²) in [5.41, 5.74) is 11.6. The number of hydrogen-bond acceptors (Lipinski definition) is 1. The monoisotopic (exact) mass is 648 g/mol. The molecule has 2 heteroatoms. The second-order valence-corrected chi connectivity index (χ2v) is 13.2. The van der Waals surface area contributed by atoms with Crippen LogP contribution < -0.4 is 0 Å². The number of benzene rings is 9. The molecule has 51 heavy (non-hydrogen) atoms. The van der Waals surface area contributed by atoms with Gasteiger partial charge in [0.15, 0.2) is 0 Å². The van der Waals surface area contributed by atoms with Crippen molar-refractivity contribution in [2.75, 3.05) is 0 Å². The molecule has 0 bridgehead atoms. The lowest BCUT2D eigenvalue weighted by Crippen LogP contribution is -1.98. The van der Waals surface area contributed by atoms with Gasteiger partial charge in [0.2, 0.25) is 0 Å². The lowest BCUT2D eigenvalue weighted by molar-refractivity contribution is 1.10. The number of hydrogen-bond donors (Lipinski definition) is 0.